The van der Waals surface area contributed by atoms with E-state index in [1.165, 1.54) is 0 Å². The number of fused-ring (bicyclic) bond motifs is 5. The van der Waals surface area contributed by atoms with Crippen LogP contribution in [-0.4, -0.2) is 95.7 Å². The Labute approximate surface area is 221 Å². The van der Waals surface area contributed by atoms with Crippen LogP contribution in [0.3, 0.4) is 0 Å². The van der Waals surface area contributed by atoms with Crippen molar-refractivity contribution >= 4 is 41.0 Å². The molecule has 11 heteroatoms. The molecular weight excluding hydrogens is 502 g/mol. The summed E-state index contributed by atoms with van der Waals surface area (Å²) in [4.78, 5) is 50.6. The molecular formula is C26H34ClN3O7. The first-order valence-corrected chi connectivity index (χ1v) is 13.2. The van der Waals surface area contributed by atoms with Gasteiger partial charge in [-0.05, 0) is 56.2 Å². The first kappa shape index (κ1) is 27.3. The number of carbonyl (C=O) groups excluding carboxylic acids is 2. The van der Waals surface area contributed by atoms with E-state index >= 15 is 0 Å². The van der Waals surface area contributed by atoms with Crippen molar-refractivity contribution in [3.8, 4) is 0 Å². The molecule has 2 saturated carbocycles. The minimum atomic E-state index is -1.82. The maximum atomic E-state index is 13.1. The van der Waals surface area contributed by atoms with Crippen LogP contribution < -0.4 is 4.90 Å². The first-order valence-electron chi connectivity index (χ1n) is 12.9. The van der Waals surface area contributed by atoms with E-state index in [2.05, 4.69) is 15.9 Å². The van der Waals surface area contributed by atoms with Crippen LogP contribution in [0.4, 0.5) is 5.69 Å². The fraction of sp³-hybridized carbons (Fsp3) is 0.615. The Morgan fingerprint density at radius 3 is 2.11 bits per heavy atom. The number of nitrogens with zero attached hydrogens (tertiary/aromatic N) is 3. The van der Waals surface area contributed by atoms with Gasteiger partial charge in [-0.2, -0.15) is 0 Å². The Morgan fingerprint density at radius 2 is 1.59 bits per heavy atom. The predicted octanol–water partition coefficient (Wildman–Crippen LogP) is 2.05. The average molecular weight is 536 g/mol. The lowest BCUT2D eigenvalue weighted by molar-refractivity contribution is -0.159. The molecule has 2 heterocycles. The number of anilines is 1. The van der Waals surface area contributed by atoms with Gasteiger partial charge in [-0.1, -0.05) is 17.7 Å². The number of ether oxygens (including phenoxy) is 1. The van der Waals surface area contributed by atoms with Gasteiger partial charge in [-0.3, -0.25) is 19.4 Å². The van der Waals surface area contributed by atoms with E-state index in [0.717, 1.165) is 62.7 Å². The molecule has 5 atom stereocenters. The van der Waals surface area contributed by atoms with Crippen LogP contribution in [-0.2, 0) is 23.9 Å². The van der Waals surface area contributed by atoms with Crippen molar-refractivity contribution in [1.29, 1.82) is 0 Å². The number of amides is 2. The van der Waals surface area contributed by atoms with Gasteiger partial charge in [0.1, 0.15) is 0 Å². The molecule has 2 bridgehead atoms. The topological polar surface area (TPSA) is 128 Å². The summed E-state index contributed by atoms with van der Waals surface area (Å²) in [7, 11) is 0. The van der Waals surface area contributed by atoms with E-state index in [0.29, 0.717) is 25.0 Å². The number of aliphatic carboxylic acids is 2. The van der Waals surface area contributed by atoms with Crippen LogP contribution in [0.1, 0.15) is 26.2 Å². The Kier molecular flexibility index (Phi) is 8.71. The van der Waals surface area contributed by atoms with Crippen molar-refractivity contribution in [2.24, 2.45) is 23.7 Å². The molecule has 1 aromatic carbocycles. The van der Waals surface area contributed by atoms with Crippen molar-refractivity contribution in [1.82, 2.24) is 9.80 Å². The van der Waals surface area contributed by atoms with E-state index in [9.17, 15) is 9.59 Å². The minimum Gasteiger partial charge on any atom is -0.473 e. The van der Waals surface area contributed by atoms with Gasteiger partial charge in [0.25, 0.3) is 0 Å². The van der Waals surface area contributed by atoms with Crippen LogP contribution in [0, 0.1) is 23.7 Å². The highest BCUT2D eigenvalue weighted by atomic mass is 35.5. The highest BCUT2D eigenvalue weighted by Gasteiger charge is 2.60. The largest absolute Gasteiger partial charge is 0.473 e. The number of halogens is 1. The van der Waals surface area contributed by atoms with E-state index in [1.807, 2.05) is 25.1 Å². The zero-order chi connectivity index (χ0) is 26.7. The highest BCUT2D eigenvalue weighted by Crippen LogP contribution is 2.56. The molecule has 2 aliphatic heterocycles. The number of carboxylic acid groups (broad SMARTS) is 2. The van der Waals surface area contributed by atoms with Gasteiger partial charge < -0.3 is 19.8 Å². The van der Waals surface area contributed by atoms with Crippen LogP contribution >= 0.6 is 11.6 Å². The molecule has 2 N–H and O–H groups in total. The van der Waals surface area contributed by atoms with Crippen LogP contribution in [0.5, 0.6) is 0 Å². The quantitative estimate of drug-likeness (QED) is 0.398. The van der Waals surface area contributed by atoms with Crippen molar-refractivity contribution in [2.45, 2.75) is 32.3 Å². The number of imide groups is 1. The molecule has 0 radical (unpaired) electrons. The van der Waals surface area contributed by atoms with Gasteiger partial charge in [-0.15, -0.1) is 0 Å². The van der Waals surface area contributed by atoms with Crippen LogP contribution in [0.25, 0.3) is 0 Å². The lowest BCUT2D eigenvalue weighted by atomic mass is 9.81. The summed E-state index contributed by atoms with van der Waals surface area (Å²) in [5, 5.41) is 15.5. The molecule has 0 spiro atoms. The summed E-state index contributed by atoms with van der Waals surface area (Å²) in [6.45, 7) is 7.40. The lowest BCUT2D eigenvalue weighted by Crippen LogP contribution is -2.51. The van der Waals surface area contributed by atoms with Gasteiger partial charge in [0.15, 0.2) is 0 Å². The molecule has 3 unspecified atom stereocenters. The van der Waals surface area contributed by atoms with Crippen LogP contribution in [0.15, 0.2) is 24.3 Å². The number of hydrogen-bond acceptors (Lipinski definition) is 7. The zero-order valence-electron chi connectivity index (χ0n) is 20.9. The maximum Gasteiger partial charge on any atom is 0.414 e. The molecule has 4 aliphatic rings. The standard InChI is InChI=1S/C24H32ClN3O3.C2H2O4/c1-2-31-20(14-26-8-10-27(11-9-26)19-5-3-4-18(25)13-19)15-28-23(29)21-16-6-7-17(12-16)22(21)24(28)30;3-1(4)2(5)6/h3-5,13,16-17,20-22H,2,6-12,14-15H2,1H3;(H,3,4)(H,5,6)/t16-,17?,20?,21-,22?;/m0./s1. The van der Waals surface area contributed by atoms with Crippen molar-refractivity contribution in [3.63, 3.8) is 0 Å². The molecule has 10 nitrogen and oxygen atoms in total. The predicted molar refractivity (Wildman–Crippen MR) is 135 cm³/mol. The molecule has 5 rings (SSSR count). The third kappa shape index (κ3) is 6.08. The Morgan fingerprint density at radius 1 is 1.00 bits per heavy atom. The Hall–Kier alpha value is -2.69. The fourth-order valence-corrected chi connectivity index (χ4v) is 6.59. The van der Waals surface area contributed by atoms with Gasteiger partial charge in [0, 0.05) is 50.0 Å². The van der Waals surface area contributed by atoms with E-state index in [-0.39, 0.29) is 29.8 Å². The van der Waals surface area contributed by atoms with Gasteiger partial charge in [0.05, 0.1) is 24.5 Å². The molecule has 0 aromatic heterocycles. The summed E-state index contributed by atoms with van der Waals surface area (Å²) in [6, 6.07) is 7.99. The Bertz CT molecular complexity index is 989. The second-order valence-corrected chi connectivity index (χ2v) is 10.6. The summed E-state index contributed by atoms with van der Waals surface area (Å²) >= 11 is 6.14. The maximum absolute atomic E-state index is 13.1. The molecule has 2 saturated heterocycles. The smallest absolute Gasteiger partial charge is 0.414 e. The molecule has 37 heavy (non-hydrogen) atoms. The number of likely N-dealkylation sites (tertiary alicyclic amines) is 1. The number of hydrogen-bond donors (Lipinski definition) is 2. The Balaban J connectivity index is 0.000000480. The second-order valence-electron chi connectivity index (χ2n) is 10.1. The third-order valence-corrected chi connectivity index (χ3v) is 8.23. The highest BCUT2D eigenvalue weighted by molar-refractivity contribution is 6.30. The third-order valence-electron chi connectivity index (χ3n) is 8.00. The zero-order valence-corrected chi connectivity index (χ0v) is 21.7. The van der Waals surface area contributed by atoms with E-state index in [4.69, 9.17) is 36.1 Å². The fourth-order valence-electron chi connectivity index (χ4n) is 6.40. The summed E-state index contributed by atoms with van der Waals surface area (Å²) < 4.78 is 6.00. The normalized spacial score (nSPS) is 27.6. The van der Waals surface area contributed by atoms with Gasteiger partial charge >= 0.3 is 11.9 Å². The molecule has 202 valence electrons. The summed E-state index contributed by atoms with van der Waals surface area (Å²) in [5.74, 6) is -2.74. The average Bonchev–Trinajstić information content (AvgIpc) is 3.55. The summed E-state index contributed by atoms with van der Waals surface area (Å²) in [5.41, 5.74) is 1.16. The van der Waals surface area contributed by atoms with E-state index < -0.39 is 11.9 Å². The number of piperazine rings is 1. The van der Waals surface area contributed by atoms with Crippen molar-refractivity contribution in [2.75, 3.05) is 50.8 Å². The molecule has 4 fully saturated rings. The SMILES string of the molecule is CCOC(CN1CCN(c2cccc(Cl)c2)CC1)CN1C(=O)C2C3CC[C@@H](C3)[C@@H]2C1=O.O=C(O)C(=O)O. The monoisotopic (exact) mass is 535 g/mol. The molecule has 1 aromatic rings. The summed E-state index contributed by atoms with van der Waals surface area (Å²) in [6.07, 6.45) is 3.17. The van der Waals surface area contributed by atoms with Crippen molar-refractivity contribution in [3.05, 3.63) is 29.3 Å². The lowest BCUT2D eigenvalue weighted by Gasteiger charge is -2.38. The number of carboxylic acids is 2. The minimum absolute atomic E-state index is 0.0465. The van der Waals surface area contributed by atoms with Crippen molar-refractivity contribution < 1.29 is 34.1 Å². The van der Waals surface area contributed by atoms with E-state index in [1.54, 1.807) is 4.90 Å². The van der Waals surface area contributed by atoms with Gasteiger partial charge in [0.2, 0.25) is 11.8 Å². The molecule has 2 amide bonds. The van der Waals surface area contributed by atoms with Gasteiger partial charge in [-0.25, -0.2) is 9.59 Å². The number of carbonyl (C=O) groups is 4. The molecule has 2 aliphatic carbocycles. The van der Waals surface area contributed by atoms with Crippen LogP contribution in [0.2, 0.25) is 5.02 Å². The number of rotatable bonds is 7. The second kappa shape index (κ2) is 11.8. The number of benzene rings is 1. The first-order chi connectivity index (χ1) is 17.7.